The van der Waals surface area contributed by atoms with Crippen LogP contribution >= 0.6 is 0 Å². The van der Waals surface area contributed by atoms with Crippen molar-refractivity contribution in [2.75, 3.05) is 13.7 Å². The Hall–Kier alpha value is -2.20. The number of methoxy groups -OCH3 is 1. The van der Waals surface area contributed by atoms with Gasteiger partial charge in [-0.1, -0.05) is 31.2 Å². The Morgan fingerprint density at radius 1 is 1.21 bits per heavy atom. The van der Waals surface area contributed by atoms with Gasteiger partial charge < -0.3 is 9.84 Å². The van der Waals surface area contributed by atoms with E-state index in [0.717, 1.165) is 30.4 Å². The number of aliphatic hydroxyl groups excluding tert-OH is 1. The van der Waals surface area contributed by atoms with Gasteiger partial charge in [0, 0.05) is 24.7 Å². The van der Waals surface area contributed by atoms with E-state index in [4.69, 9.17) is 9.84 Å². The molecule has 0 aliphatic heterocycles. The topological polar surface area (TPSA) is 46.5 Å². The third-order valence-corrected chi connectivity index (χ3v) is 6.19. The second-order valence-electron chi connectivity index (χ2n) is 8.31. The fourth-order valence-corrected chi connectivity index (χ4v) is 4.54. The lowest BCUT2D eigenvalue weighted by Gasteiger charge is -2.18. The fraction of sp³-hybridized carbons (Fsp3) is 0.480. The molecule has 0 heterocycles. The predicted molar refractivity (Wildman–Crippen MR) is 113 cm³/mol. The minimum atomic E-state index is -0.246. The molecule has 1 fully saturated rings. The summed E-state index contributed by atoms with van der Waals surface area (Å²) in [7, 11) is 1.57. The van der Waals surface area contributed by atoms with Gasteiger partial charge in [0.05, 0.1) is 7.11 Å². The monoisotopic (exact) mass is 398 g/mol. The Balaban J connectivity index is 1.57. The van der Waals surface area contributed by atoms with Crippen molar-refractivity contribution in [3.8, 4) is 5.75 Å². The zero-order valence-corrected chi connectivity index (χ0v) is 17.4. The van der Waals surface area contributed by atoms with Gasteiger partial charge in [-0.15, -0.1) is 0 Å². The number of ether oxygens (including phenoxy) is 1. The minimum Gasteiger partial charge on any atom is -0.497 e. The van der Waals surface area contributed by atoms with Crippen molar-refractivity contribution in [2.24, 2.45) is 5.92 Å². The number of hydrogen-bond acceptors (Lipinski definition) is 3. The Kier molecular flexibility index (Phi) is 7.43. The van der Waals surface area contributed by atoms with E-state index < -0.39 is 0 Å². The van der Waals surface area contributed by atoms with Crippen LogP contribution < -0.4 is 4.74 Å². The molecule has 156 valence electrons. The highest BCUT2D eigenvalue weighted by molar-refractivity contribution is 5.96. The number of hydrogen-bond donors (Lipinski definition) is 1. The van der Waals surface area contributed by atoms with Gasteiger partial charge in [-0.25, -0.2) is 4.39 Å². The van der Waals surface area contributed by atoms with Gasteiger partial charge in [0.25, 0.3) is 0 Å². The molecule has 1 aliphatic rings. The van der Waals surface area contributed by atoms with Crippen LogP contribution in [0.25, 0.3) is 0 Å². The summed E-state index contributed by atoms with van der Waals surface area (Å²) in [6, 6.07) is 13.0. The Morgan fingerprint density at radius 3 is 2.66 bits per heavy atom. The maximum atomic E-state index is 13.8. The fourth-order valence-electron chi connectivity index (χ4n) is 4.54. The van der Waals surface area contributed by atoms with Gasteiger partial charge in [-0.05, 0) is 73.1 Å². The Morgan fingerprint density at radius 2 is 1.97 bits per heavy atom. The summed E-state index contributed by atoms with van der Waals surface area (Å²) in [5.41, 5.74) is 3.02. The first-order chi connectivity index (χ1) is 14.0. The van der Waals surface area contributed by atoms with Crippen molar-refractivity contribution in [1.82, 2.24) is 0 Å². The van der Waals surface area contributed by atoms with Crippen LogP contribution in [-0.4, -0.2) is 24.6 Å². The largest absolute Gasteiger partial charge is 0.497 e. The summed E-state index contributed by atoms with van der Waals surface area (Å²) in [6.45, 7) is 2.21. The van der Waals surface area contributed by atoms with Gasteiger partial charge in [-0.3, -0.25) is 4.79 Å². The molecule has 1 aliphatic carbocycles. The Bertz CT molecular complexity index is 815. The highest BCUT2D eigenvalue weighted by atomic mass is 19.1. The molecule has 0 bridgehead atoms. The van der Waals surface area contributed by atoms with Crippen molar-refractivity contribution in [2.45, 2.75) is 57.3 Å². The molecule has 3 atom stereocenters. The van der Waals surface area contributed by atoms with E-state index in [2.05, 4.69) is 19.1 Å². The summed E-state index contributed by atoms with van der Waals surface area (Å²) in [5.74, 6) is 1.85. The number of ketones is 1. The van der Waals surface area contributed by atoms with Gasteiger partial charge in [0.2, 0.25) is 0 Å². The number of Topliss-reactive ketones (excluding diaryl/α,β-unsaturated/α-hetero) is 1. The maximum absolute atomic E-state index is 13.8. The van der Waals surface area contributed by atoms with Gasteiger partial charge in [-0.2, -0.15) is 0 Å². The molecule has 0 radical (unpaired) electrons. The zero-order valence-electron chi connectivity index (χ0n) is 17.4. The van der Waals surface area contributed by atoms with Gasteiger partial charge in [0.1, 0.15) is 11.6 Å². The van der Waals surface area contributed by atoms with E-state index >= 15 is 0 Å². The molecular formula is C25H31FO3. The normalized spacial score (nSPS) is 19.9. The molecule has 0 aromatic heterocycles. The lowest BCUT2D eigenvalue weighted by Crippen LogP contribution is -2.04. The number of halogens is 1. The third kappa shape index (κ3) is 5.66. The zero-order chi connectivity index (χ0) is 20.8. The smallest absolute Gasteiger partial charge is 0.162 e. The van der Waals surface area contributed by atoms with Crippen molar-refractivity contribution < 1.29 is 19.0 Å². The minimum absolute atomic E-state index is 0.0497. The highest BCUT2D eigenvalue weighted by Gasteiger charge is 2.27. The highest BCUT2D eigenvalue weighted by Crippen LogP contribution is 2.42. The summed E-state index contributed by atoms with van der Waals surface area (Å²) < 4.78 is 19.0. The molecule has 2 aromatic carbocycles. The first kappa shape index (κ1) is 21.5. The van der Waals surface area contributed by atoms with Gasteiger partial charge >= 0.3 is 0 Å². The summed E-state index contributed by atoms with van der Waals surface area (Å²) >= 11 is 0. The molecule has 3 nitrogen and oxygen atoms in total. The van der Waals surface area contributed by atoms with Crippen molar-refractivity contribution in [3.05, 3.63) is 65.0 Å². The molecule has 0 amide bonds. The third-order valence-electron chi connectivity index (χ3n) is 6.19. The number of benzene rings is 2. The van der Waals surface area contributed by atoms with Crippen molar-refractivity contribution >= 4 is 5.78 Å². The summed E-state index contributed by atoms with van der Waals surface area (Å²) in [5, 5.41) is 8.87. The van der Waals surface area contributed by atoms with Crippen LogP contribution in [-0.2, 0) is 0 Å². The molecule has 1 unspecified atom stereocenters. The average Bonchev–Trinajstić information content (AvgIpc) is 3.20. The van der Waals surface area contributed by atoms with Crippen LogP contribution in [0.3, 0.4) is 0 Å². The summed E-state index contributed by atoms with van der Waals surface area (Å²) in [4.78, 5) is 12.1. The molecule has 2 aromatic rings. The molecule has 3 rings (SSSR count). The van der Waals surface area contributed by atoms with Crippen LogP contribution in [0, 0.1) is 11.7 Å². The van der Waals surface area contributed by atoms with Gasteiger partial charge in [0.15, 0.2) is 5.78 Å². The lowest BCUT2D eigenvalue weighted by molar-refractivity contribution is 0.0971. The molecule has 4 heteroatoms. The maximum Gasteiger partial charge on any atom is 0.162 e. The first-order valence-corrected chi connectivity index (χ1v) is 10.6. The predicted octanol–water partition coefficient (Wildman–Crippen LogP) is 5.87. The Labute approximate surface area is 172 Å². The van der Waals surface area contributed by atoms with Crippen LogP contribution in [0.4, 0.5) is 4.39 Å². The quantitative estimate of drug-likeness (QED) is 0.538. The second kappa shape index (κ2) is 10.0. The SMILES string of the molecule is COc1cc(F)cc([C@@H](C)CC2CC[C@H](c3ccc(C(=O)CCCO)cc3)C2)c1. The number of aliphatic hydroxyl groups is 1. The van der Waals surface area contributed by atoms with E-state index in [1.807, 2.05) is 18.2 Å². The van der Waals surface area contributed by atoms with E-state index in [-0.39, 0.29) is 24.1 Å². The first-order valence-electron chi connectivity index (χ1n) is 10.6. The average molecular weight is 399 g/mol. The molecule has 1 N–H and O–H groups in total. The van der Waals surface area contributed by atoms with E-state index in [0.29, 0.717) is 30.4 Å². The number of rotatable bonds is 9. The van der Waals surface area contributed by atoms with Crippen LogP contribution in [0.2, 0.25) is 0 Å². The molecular weight excluding hydrogens is 367 g/mol. The molecule has 0 saturated heterocycles. The van der Waals surface area contributed by atoms with Crippen molar-refractivity contribution in [1.29, 1.82) is 0 Å². The van der Waals surface area contributed by atoms with Crippen LogP contribution in [0.5, 0.6) is 5.75 Å². The van der Waals surface area contributed by atoms with Crippen LogP contribution in [0.15, 0.2) is 42.5 Å². The van der Waals surface area contributed by atoms with E-state index in [9.17, 15) is 9.18 Å². The lowest BCUT2D eigenvalue weighted by atomic mass is 9.87. The molecule has 1 saturated carbocycles. The standard InChI is InChI=1S/C25H31FO3/c1-17(22-14-23(26)16-24(15-22)29-2)12-18-5-6-21(13-18)19-7-9-20(10-8-19)25(28)4-3-11-27/h7-10,14-18,21,27H,3-6,11-13H2,1-2H3/t17-,18?,21-/m0/s1. The second-order valence-corrected chi connectivity index (χ2v) is 8.31. The van der Waals surface area contributed by atoms with E-state index in [1.165, 1.54) is 18.1 Å². The molecule has 0 spiro atoms. The van der Waals surface area contributed by atoms with Crippen LogP contribution in [0.1, 0.15) is 78.8 Å². The molecule has 29 heavy (non-hydrogen) atoms. The number of carbonyl (C=O) groups excluding carboxylic acids is 1. The van der Waals surface area contributed by atoms with E-state index in [1.54, 1.807) is 13.2 Å². The summed E-state index contributed by atoms with van der Waals surface area (Å²) in [6.07, 6.45) is 5.42. The number of carbonyl (C=O) groups is 1. The van der Waals surface area contributed by atoms with Crippen molar-refractivity contribution in [3.63, 3.8) is 0 Å².